The lowest BCUT2D eigenvalue weighted by molar-refractivity contribution is -0.116. The molecule has 0 saturated carbocycles. The van der Waals surface area contributed by atoms with E-state index in [0.29, 0.717) is 22.4 Å². The second kappa shape index (κ2) is 11.7. The predicted octanol–water partition coefficient (Wildman–Crippen LogP) is 6.29. The van der Waals surface area contributed by atoms with Crippen LogP contribution in [0.2, 0.25) is 5.02 Å². The van der Waals surface area contributed by atoms with E-state index in [1.807, 2.05) is 49.1 Å². The molecule has 1 aliphatic heterocycles. The van der Waals surface area contributed by atoms with Crippen LogP contribution in [0, 0.1) is 19.7 Å². The van der Waals surface area contributed by atoms with Gasteiger partial charge in [-0.1, -0.05) is 29.8 Å². The molecule has 2 aromatic carbocycles. The van der Waals surface area contributed by atoms with Crippen molar-refractivity contribution in [3.05, 3.63) is 106 Å². The normalized spacial score (nSPS) is 16.6. The van der Waals surface area contributed by atoms with E-state index in [9.17, 15) is 9.18 Å². The van der Waals surface area contributed by atoms with Gasteiger partial charge in [-0.2, -0.15) is 0 Å². The van der Waals surface area contributed by atoms with Crippen molar-refractivity contribution in [1.82, 2.24) is 19.8 Å². The number of aryl methyl sites for hydroxylation is 1. The largest absolute Gasteiger partial charge is 0.495 e. The minimum absolute atomic E-state index is 0.114. The molecule has 1 amide bonds. The Bertz CT molecular complexity index is 1560. The van der Waals surface area contributed by atoms with Gasteiger partial charge in [-0.3, -0.25) is 9.78 Å². The number of anilines is 1. The van der Waals surface area contributed by atoms with Crippen LogP contribution in [0.3, 0.4) is 0 Å². The van der Waals surface area contributed by atoms with Crippen LogP contribution < -0.4 is 15.4 Å². The Labute approximate surface area is 242 Å². The van der Waals surface area contributed by atoms with Crippen LogP contribution in [0.1, 0.15) is 41.1 Å². The summed E-state index contributed by atoms with van der Waals surface area (Å²) in [5.41, 5.74) is 4.81. The average molecular weight is 578 g/mol. The maximum absolute atomic E-state index is 14.1. The van der Waals surface area contributed by atoms with Crippen molar-refractivity contribution in [3.8, 4) is 11.4 Å². The number of halogens is 2. The van der Waals surface area contributed by atoms with Gasteiger partial charge >= 0.3 is 0 Å². The number of aromatic nitrogens is 2. The standard InChI is InChI=1S/C30H29ClFN5O2S/c1-18-16-21(19(2)37(18)25-17-20(31)11-12-26(25)39-3)29-28(24-10-6-7-14-33-24)35-30(40)36(29)15-13-27(38)34-23-9-5-4-8-22(23)32/h4-12,14,16-17,28-29H,13,15H2,1-3H3,(H,34,38)(H,35,40)/t28-,29-/m1/s1. The number of thiocarbonyl (C=S) groups is 1. The van der Waals surface area contributed by atoms with Crippen LogP contribution >= 0.6 is 23.8 Å². The summed E-state index contributed by atoms with van der Waals surface area (Å²) in [5.74, 6) is -0.0889. The number of para-hydroxylation sites is 1. The minimum atomic E-state index is -0.480. The first kappa shape index (κ1) is 27.6. The number of ether oxygens (including phenoxy) is 1. The van der Waals surface area contributed by atoms with Crippen molar-refractivity contribution >= 4 is 40.5 Å². The summed E-state index contributed by atoms with van der Waals surface area (Å²) in [5, 5.41) is 7.21. The first-order chi connectivity index (χ1) is 19.3. The Balaban J connectivity index is 1.51. The first-order valence-electron chi connectivity index (χ1n) is 12.8. The van der Waals surface area contributed by atoms with Gasteiger partial charge in [0.15, 0.2) is 5.11 Å². The number of benzene rings is 2. The lowest BCUT2D eigenvalue weighted by Crippen LogP contribution is -2.33. The van der Waals surface area contributed by atoms with E-state index in [1.165, 1.54) is 12.1 Å². The molecule has 5 rings (SSSR count). The second-order valence-electron chi connectivity index (χ2n) is 9.58. The number of nitrogens with one attached hydrogen (secondary N) is 2. The zero-order chi connectivity index (χ0) is 28.4. The molecule has 2 atom stereocenters. The van der Waals surface area contributed by atoms with Crippen LogP contribution in [0.5, 0.6) is 5.75 Å². The number of methoxy groups -OCH3 is 1. The molecule has 2 N–H and O–H groups in total. The smallest absolute Gasteiger partial charge is 0.226 e. The highest BCUT2D eigenvalue weighted by Gasteiger charge is 2.41. The molecule has 0 spiro atoms. The number of nitrogens with zero attached hydrogens (tertiary/aromatic N) is 3. The topological polar surface area (TPSA) is 71.4 Å². The Kier molecular flexibility index (Phi) is 8.04. The first-order valence-corrected chi connectivity index (χ1v) is 13.6. The second-order valence-corrected chi connectivity index (χ2v) is 10.4. The van der Waals surface area contributed by atoms with Crippen molar-refractivity contribution in [2.75, 3.05) is 19.0 Å². The fourth-order valence-corrected chi connectivity index (χ4v) is 5.78. The molecule has 0 bridgehead atoms. The van der Waals surface area contributed by atoms with Gasteiger partial charge in [0.2, 0.25) is 5.91 Å². The molecule has 2 aromatic heterocycles. The Morgan fingerprint density at radius 3 is 2.65 bits per heavy atom. The van der Waals surface area contributed by atoms with Gasteiger partial charge in [0.05, 0.1) is 36.3 Å². The third-order valence-corrected chi connectivity index (χ3v) is 7.68. The van der Waals surface area contributed by atoms with Gasteiger partial charge in [-0.05, 0) is 80.2 Å². The maximum atomic E-state index is 14.1. The summed E-state index contributed by atoms with van der Waals surface area (Å²) in [4.78, 5) is 19.4. The van der Waals surface area contributed by atoms with E-state index >= 15 is 0 Å². The SMILES string of the molecule is COc1ccc(Cl)cc1-n1c(C)cc([C@@H]2[C@@H](c3ccccn3)NC(=S)N2CCC(=O)Nc2ccccc2F)c1C. The number of hydrogen-bond donors (Lipinski definition) is 2. The Morgan fingerprint density at radius 2 is 1.93 bits per heavy atom. The van der Waals surface area contributed by atoms with Crippen LogP contribution in [0.4, 0.5) is 10.1 Å². The number of carbonyl (C=O) groups excluding carboxylic acids is 1. The molecule has 4 aromatic rings. The number of hydrogen-bond acceptors (Lipinski definition) is 4. The van der Waals surface area contributed by atoms with E-state index in [1.54, 1.807) is 31.5 Å². The number of pyridine rings is 1. The van der Waals surface area contributed by atoms with Gasteiger partial charge in [0, 0.05) is 35.6 Å². The summed E-state index contributed by atoms with van der Waals surface area (Å²) in [6, 6.07) is 19.0. The van der Waals surface area contributed by atoms with Crippen molar-refractivity contribution < 1.29 is 13.9 Å². The third-order valence-electron chi connectivity index (χ3n) is 7.10. The van der Waals surface area contributed by atoms with E-state index in [0.717, 1.165) is 28.3 Å². The van der Waals surface area contributed by atoms with Gasteiger partial charge < -0.3 is 24.8 Å². The highest BCUT2D eigenvalue weighted by Crippen LogP contribution is 2.42. The molecule has 0 radical (unpaired) electrons. The molecule has 3 heterocycles. The summed E-state index contributed by atoms with van der Waals surface area (Å²) in [6.07, 6.45) is 1.87. The molecule has 1 saturated heterocycles. The monoisotopic (exact) mass is 577 g/mol. The van der Waals surface area contributed by atoms with Crippen LogP contribution in [-0.4, -0.2) is 39.1 Å². The van der Waals surface area contributed by atoms with Crippen LogP contribution in [0.15, 0.2) is 72.9 Å². The average Bonchev–Trinajstić information content (AvgIpc) is 3.43. The van der Waals surface area contributed by atoms with Crippen LogP contribution in [0.25, 0.3) is 5.69 Å². The third kappa shape index (κ3) is 5.39. The van der Waals surface area contributed by atoms with Gasteiger partial charge in [-0.25, -0.2) is 4.39 Å². The number of carbonyl (C=O) groups is 1. The van der Waals surface area contributed by atoms with Gasteiger partial charge in [-0.15, -0.1) is 0 Å². The molecule has 40 heavy (non-hydrogen) atoms. The highest BCUT2D eigenvalue weighted by atomic mass is 35.5. The summed E-state index contributed by atoms with van der Waals surface area (Å²) >= 11 is 12.2. The number of amides is 1. The molecule has 10 heteroatoms. The van der Waals surface area contributed by atoms with Gasteiger partial charge in [0.25, 0.3) is 0 Å². The lowest BCUT2D eigenvalue weighted by Gasteiger charge is -2.28. The van der Waals surface area contributed by atoms with E-state index < -0.39 is 5.82 Å². The minimum Gasteiger partial charge on any atom is -0.495 e. The molecule has 0 aliphatic carbocycles. The Morgan fingerprint density at radius 1 is 1.15 bits per heavy atom. The van der Waals surface area contributed by atoms with Crippen molar-refractivity contribution in [1.29, 1.82) is 0 Å². The zero-order valence-electron chi connectivity index (χ0n) is 22.3. The van der Waals surface area contributed by atoms with Crippen molar-refractivity contribution in [3.63, 3.8) is 0 Å². The van der Waals surface area contributed by atoms with Crippen molar-refractivity contribution in [2.24, 2.45) is 0 Å². The number of rotatable bonds is 8. The quantitative estimate of drug-likeness (QED) is 0.240. The fraction of sp³-hybridized carbons (Fsp3) is 0.233. The van der Waals surface area contributed by atoms with E-state index in [4.69, 9.17) is 28.6 Å². The van der Waals surface area contributed by atoms with E-state index in [-0.39, 0.29) is 30.1 Å². The van der Waals surface area contributed by atoms with Crippen molar-refractivity contribution in [2.45, 2.75) is 32.4 Å². The summed E-state index contributed by atoms with van der Waals surface area (Å²) < 4.78 is 21.9. The summed E-state index contributed by atoms with van der Waals surface area (Å²) in [7, 11) is 1.63. The molecule has 0 unspecified atom stereocenters. The highest BCUT2D eigenvalue weighted by molar-refractivity contribution is 7.80. The zero-order valence-corrected chi connectivity index (χ0v) is 23.9. The molecular formula is C30H29ClFN5O2S. The van der Waals surface area contributed by atoms with E-state index in [2.05, 4.69) is 26.3 Å². The van der Waals surface area contributed by atoms with Gasteiger partial charge in [0.1, 0.15) is 11.6 Å². The molecule has 1 aliphatic rings. The molecule has 206 valence electrons. The fourth-order valence-electron chi connectivity index (χ4n) is 5.28. The summed E-state index contributed by atoms with van der Waals surface area (Å²) in [6.45, 7) is 4.40. The molecule has 1 fully saturated rings. The predicted molar refractivity (Wildman–Crippen MR) is 159 cm³/mol. The Hall–Kier alpha value is -3.95. The molecule has 7 nitrogen and oxygen atoms in total. The van der Waals surface area contributed by atoms with Crippen LogP contribution in [-0.2, 0) is 4.79 Å². The molecular weight excluding hydrogens is 549 g/mol. The lowest BCUT2D eigenvalue weighted by atomic mass is 9.96. The maximum Gasteiger partial charge on any atom is 0.226 e.